The van der Waals surface area contributed by atoms with E-state index in [-0.39, 0.29) is 17.1 Å². The largest absolute Gasteiger partial charge is 0.332 e. The fourth-order valence-corrected chi connectivity index (χ4v) is 3.05. The first-order chi connectivity index (χ1) is 15.3. The number of rotatable bonds is 8. The molecule has 2 aromatic carbocycles. The van der Waals surface area contributed by atoms with E-state index in [2.05, 4.69) is 20.3 Å². The molecule has 0 atom stereocenters. The molecule has 0 heterocycles. The highest BCUT2D eigenvalue weighted by molar-refractivity contribution is 7.99. The lowest BCUT2D eigenvalue weighted by Crippen LogP contribution is -2.25. The number of benzene rings is 2. The summed E-state index contributed by atoms with van der Waals surface area (Å²) in [4.78, 5) is 50.0. The second-order valence-corrected chi connectivity index (χ2v) is 7.39. The van der Waals surface area contributed by atoms with Gasteiger partial charge in [-0.05, 0) is 31.2 Å². The Morgan fingerprint density at radius 2 is 1.16 bits per heavy atom. The van der Waals surface area contributed by atoms with Crippen molar-refractivity contribution in [1.29, 1.82) is 0 Å². The highest BCUT2D eigenvalue weighted by atomic mass is 32.2. The SMILES string of the molecule is CC(=O)O/N=C(C)/C(=N\OC(C)=O)C(=N/OC(C)=O)/c1ccc(Sc2ccccc2)cc1. The molecular formula is C22H21N3O6S. The smallest absolute Gasteiger partial charge is 0.318 e. The van der Waals surface area contributed by atoms with Crippen molar-refractivity contribution in [2.45, 2.75) is 37.5 Å². The van der Waals surface area contributed by atoms with Crippen LogP contribution in [-0.4, -0.2) is 35.0 Å². The fraction of sp³-hybridized carbons (Fsp3) is 0.182. The molecule has 166 valence electrons. The summed E-state index contributed by atoms with van der Waals surface area (Å²) < 4.78 is 0. The number of hydrogen-bond acceptors (Lipinski definition) is 10. The third-order valence-corrected chi connectivity index (χ3v) is 4.53. The van der Waals surface area contributed by atoms with Gasteiger partial charge in [0.2, 0.25) is 0 Å². The van der Waals surface area contributed by atoms with Crippen molar-refractivity contribution in [3.63, 3.8) is 0 Å². The molecule has 0 fully saturated rings. The Morgan fingerprint density at radius 3 is 1.72 bits per heavy atom. The maximum Gasteiger partial charge on any atom is 0.332 e. The van der Waals surface area contributed by atoms with E-state index < -0.39 is 17.9 Å². The van der Waals surface area contributed by atoms with Gasteiger partial charge in [-0.2, -0.15) is 0 Å². The molecule has 0 aliphatic rings. The molecule has 32 heavy (non-hydrogen) atoms. The van der Waals surface area contributed by atoms with Gasteiger partial charge in [-0.1, -0.05) is 57.6 Å². The summed E-state index contributed by atoms with van der Waals surface area (Å²) in [6.45, 7) is 4.99. The van der Waals surface area contributed by atoms with E-state index in [0.29, 0.717) is 5.56 Å². The Balaban J connectivity index is 2.45. The third kappa shape index (κ3) is 8.15. The zero-order chi connectivity index (χ0) is 23.5. The van der Waals surface area contributed by atoms with E-state index in [1.54, 1.807) is 23.9 Å². The van der Waals surface area contributed by atoms with Crippen molar-refractivity contribution in [2.24, 2.45) is 15.5 Å². The minimum absolute atomic E-state index is 0.0473. The number of carbonyl (C=O) groups is 3. The van der Waals surface area contributed by atoms with Gasteiger partial charge in [0.1, 0.15) is 11.4 Å². The van der Waals surface area contributed by atoms with Crippen LogP contribution in [0.2, 0.25) is 0 Å². The molecule has 0 N–H and O–H groups in total. The van der Waals surface area contributed by atoms with E-state index >= 15 is 0 Å². The van der Waals surface area contributed by atoms with Gasteiger partial charge in [-0.15, -0.1) is 0 Å². The number of nitrogens with zero attached hydrogens (tertiary/aromatic N) is 3. The van der Waals surface area contributed by atoms with Crippen molar-refractivity contribution in [3.05, 3.63) is 60.2 Å². The second kappa shape index (κ2) is 12.2. The van der Waals surface area contributed by atoms with Crippen LogP contribution >= 0.6 is 11.8 Å². The lowest BCUT2D eigenvalue weighted by atomic mass is 10.0. The molecular weight excluding hydrogens is 434 g/mol. The predicted octanol–water partition coefficient (Wildman–Crippen LogP) is 3.96. The molecule has 2 aromatic rings. The van der Waals surface area contributed by atoms with Crippen LogP contribution in [0.3, 0.4) is 0 Å². The summed E-state index contributed by atoms with van der Waals surface area (Å²) in [6, 6.07) is 17.0. The molecule has 0 amide bonds. The fourth-order valence-electron chi connectivity index (χ4n) is 2.21. The number of hydrogen-bond donors (Lipinski definition) is 0. The Labute approximate surface area is 189 Å². The van der Waals surface area contributed by atoms with E-state index in [9.17, 15) is 14.4 Å². The van der Waals surface area contributed by atoms with Crippen molar-refractivity contribution in [1.82, 2.24) is 0 Å². The maximum absolute atomic E-state index is 11.4. The van der Waals surface area contributed by atoms with Crippen LogP contribution in [0, 0.1) is 0 Å². The van der Waals surface area contributed by atoms with Crippen LogP contribution in [-0.2, 0) is 28.9 Å². The van der Waals surface area contributed by atoms with E-state index in [1.807, 2.05) is 42.5 Å². The van der Waals surface area contributed by atoms with Crippen LogP contribution in [0.4, 0.5) is 0 Å². The van der Waals surface area contributed by atoms with Gasteiger partial charge >= 0.3 is 17.9 Å². The van der Waals surface area contributed by atoms with Gasteiger partial charge < -0.3 is 14.5 Å². The van der Waals surface area contributed by atoms with Gasteiger partial charge in [0.25, 0.3) is 0 Å². The molecule has 0 bridgehead atoms. The minimum atomic E-state index is -0.691. The van der Waals surface area contributed by atoms with Crippen LogP contribution in [0.25, 0.3) is 0 Å². The Morgan fingerprint density at radius 1 is 0.656 bits per heavy atom. The zero-order valence-corrected chi connectivity index (χ0v) is 18.7. The topological polar surface area (TPSA) is 116 Å². The summed E-state index contributed by atoms with van der Waals surface area (Å²) in [5.74, 6) is -2.01. The van der Waals surface area contributed by atoms with Crippen LogP contribution in [0.5, 0.6) is 0 Å². The standard InChI is InChI=1S/C22H21N3O6S/c1-14(23-29-15(2)26)21(24-30-16(3)27)22(25-31-17(4)28)18-10-12-20(13-11-18)32-19-8-6-5-7-9-19/h5-13H,1-4H3/b23-14+,24-21+,25-22+. The Kier molecular flexibility index (Phi) is 9.30. The summed E-state index contributed by atoms with van der Waals surface area (Å²) >= 11 is 1.56. The van der Waals surface area contributed by atoms with Crippen molar-refractivity contribution in [3.8, 4) is 0 Å². The maximum atomic E-state index is 11.4. The molecule has 2 rings (SSSR count). The first-order valence-electron chi connectivity index (χ1n) is 9.33. The second-order valence-electron chi connectivity index (χ2n) is 6.24. The molecule has 0 saturated carbocycles. The van der Waals surface area contributed by atoms with Gasteiger partial charge in [0.05, 0.1) is 0 Å². The van der Waals surface area contributed by atoms with Crippen LogP contribution in [0.15, 0.2) is 79.9 Å². The third-order valence-electron chi connectivity index (χ3n) is 3.52. The number of oxime groups is 3. The average Bonchev–Trinajstić information content (AvgIpc) is 2.75. The first-order valence-corrected chi connectivity index (χ1v) is 10.2. The highest BCUT2D eigenvalue weighted by Gasteiger charge is 2.20. The summed E-state index contributed by atoms with van der Waals surface area (Å²) in [5.41, 5.74) is 0.541. The van der Waals surface area contributed by atoms with Crippen LogP contribution in [0.1, 0.15) is 33.3 Å². The molecule has 10 heteroatoms. The Bertz CT molecular complexity index is 1060. The monoisotopic (exact) mass is 455 g/mol. The first kappa shape index (κ1) is 24.5. The van der Waals surface area contributed by atoms with Crippen LogP contribution < -0.4 is 0 Å². The zero-order valence-electron chi connectivity index (χ0n) is 17.9. The minimum Gasteiger partial charge on any atom is -0.318 e. The molecule has 0 aromatic heterocycles. The normalized spacial score (nSPS) is 12.2. The lowest BCUT2D eigenvalue weighted by molar-refractivity contribution is -0.142. The quantitative estimate of drug-likeness (QED) is 0.336. The van der Waals surface area contributed by atoms with Gasteiger partial charge in [0.15, 0.2) is 5.71 Å². The Hall–Kier alpha value is -3.79. The van der Waals surface area contributed by atoms with Gasteiger partial charge in [-0.3, -0.25) is 0 Å². The van der Waals surface area contributed by atoms with Crippen molar-refractivity contribution >= 4 is 46.8 Å². The van der Waals surface area contributed by atoms with Gasteiger partial charge in [-0.25, -0.2) is 14.4 Å². The predicted molar refractivity (Wildman–Crippen MR) is 119 cm³/mol. The van der Waals surface area contributed by atoms with Crippen molar-refractivity contribution < 1.29 is 28.9 Å². The summed E-state index contributed by atoms with van der Waals surface area (Å²) in [7, 11) is 0. The summed E-state index contributed by atoms with van der Waals surface area (Å²) in [5, 5.41) is 11.3. The molecule has 0 radical (unpaired) electrons. The van der Waals surface area contributed by atoms with E-state index in [4.69, 9.17) is 9.68 Å². The average molecular weight is 455 g/mol. The molecule has 0 spiro atoms. The molecule has 0 saturated heterocycles. The molecule has 9 nitrogen and oxygen atoms in total. The highest BCUT2D eigenvalue weighted by Crippen LogP contribution is 2.27. The van der Waals surface area contributed by atoms with Crippen molar-refractivity contribution in [2.75, 3.05) is 0 Å². The summed E-state index contributed by atoms with van der Waals surface area (Å²) in [6.07, 6.45) is 0. The van der Waals surface area contributed by atoms with E-state index in [0.717, 1.165) is 16.7 Å². The molecule has 0 aliphatic heterocycles. The van der Waals surface area contributed by atoms with Gasteiger partial charge in [0, 0.05) is 36.1 Å². The van der Waals surface area contributed by atoms with E-state index in [1.165, 1.54) is 20.8 Å². The molecule has 0 aliphatic carbocycles. The number of carbonyl (C=O) groups excluding carboxylic acids is 3. The lowest BCUT2D eigenvalue weighted by Gasteiger charge is -2.10. The molecule has 0 unspecified atom stereocenters.